The van der Waals surface area contributed by atoms with Crippen LogP contribution < -0.4 is 5.32 Å². The molecular formula is C11H19N3O3. The van der Waals surface area contributed by atoms with Crippen LogP contribution in [0.5, 0.6) is 5.95 Å². The Hall–Kier alpha value is -1.56. The van der Waals surface area contributed by atoms with Gasteiger partial charge in [0.1, 0.15) is 0 Å². The lowest BCUT2D eigenvalue weighted by molar-refractivity contribution is 0.0909. The van der Waals surface area contributed by atoms with E-state index in [1.165, 1.54) is 0 Å². The lowest BCUT2D eigenvalue weighted by Crippen LogP contribution is -2.46. The summed E-state index contributed by atoms with van der Waals surface area (Å²) >= 11 is 0. The van der Waals surface area contributed by atoms with Gasteiger partial charge in [-0.3, -0.25) is 4.79 Å². The van der Waals surface area contributed by atoms with Crippen molar-refractivity contribution in [1.29, 1.82) is 0 Å². The Balaban J connectivity index is 2.70. The summed E-state index contributed by atoms with van der Waals surface area (Å²) in [6.07, 6.45) is 0. The number of nitrogens with one attached hydrogen (secondary N) is 1. The summed E-state index contributed by atoms with van der Waals surface area (Å²) in [5, 5.41) is 15.5. The van der Waals surface area contributed by atoms with Gasteiger partial charge in [0.2, 0.25) is 0 Å². The lowest BCUT2D eigenvalue weighted by atomic mass is 10.1. The van der Waals surface area contributed by atoms with Crippen molar-refractivity contribution < 1.29 is 14.4 Å². The van der Waals surface area contributed by atoms with Crippen molar-refractivity contribution in [2.75, 3.05) is 14.1 Å². The van der Waals surface area contributed by atoms with Crippen molar-refractivity contribution >= 4 is 5.91 Å². The van der Waals surface area contributed by atoms with Crippen molar-refractivity contribution in [2.24, 2.45) is 0 Å². The minimum absolute atomic E-state index is 0.0317. The quantitative estimate of drug-likeness (QED) is 0.813. The highest BCUT2D eigenvalue weighted by atomic mass is 16.5. The first kappa shape index (κ1) is 13.5. The number of nitrogens with zero attached hydrogens (tertiary/aromatic N) is 2. The van der Waals surface area contributed by atoms with Crippen LogP contribution in [0, 0.1) is 6.92 Å². The van der Waals surface area contributed by atoms with Crippen LogP contribution in [-0.2, 0) is 0 Å². The topological polar surface area (TPSA) is 78.6 Å². The third-order valence-electron chi connectivity index (χ3n) is 3.01. The molecule has 17 heavy (non-hydrogen) atoms. The Kier molecular flexibility index (Phi) is 4.11. The predicted octanol–water partition coefficient (Wildman–Crippen LogP) is 0.757. The Morgan fingerprint density at radius 3 is 2.47 bits per heavy atom. The van der Waals surface area contributed by atoms with E-state index in [1.54, 1.807) is 6.92 Å². The Morgan fingerprint density at radius 1 is 1.47 bits per heavy atom. The predicted molar refractivity (Wildman–Crippen MR) is 63.0 cm³/mol. The molecule has 0 saturated heterocycles. The molecule has 0 aromatic carbocycles. The first-order valence-corrected chi connectivity index (χ1v) is 5.47. The molecule has 1 aromatic heterocycles. The standard InChI is InChI=1S/C11H19N3O3/c1-6-9(13-17-11(6)16)10(15)12-7(2)8(3)14(4)5/h7-8,16H,1-5H3,(H,12,15). The molecule has 2 atom stereocenters. The third kappa shape index (κ3) is 2.97. The number of carbonyl (C=O) groups is 1. The second kappa shape index (κ2) is 5.18. The fourth-order valence-corrected chi connectivity index (χ4v) is 1.38. The van der Waals surface area contributed by atoms with Gasteiger partial charge in [0.25, 0.3) is 5.91 Å². The molecular weight excluding hydrogens is 222 g/mol. The molecule has 0 radical (unpaired) electrons. The Labute approximate surface area is 101 Å². The summed E-state index contributed by atoms with van der Waals surface area (Å²) in [6.45, 7) is 5.51. The molecule has 1 aromatic rings. The highest BCUT2D eigenvalue weighted by Gasteiger charge is 2.22. The van der Waals surface area contributed by atoms with Gasteiger partial charge < -0.3 is 19.8 Å². The minimum atomic E-state index is -0.340. The number of hydrogen-bond acceptors (Lipinski definition) is 5. The number of rotatable bonds is 4. The van der Waals surface area contributed by atoms with E-state index in [1.807, 2.05) is 32.8 Å². The zero-order valence-electron chi connectivity index (χ0n) is 10.8. The van der Waals surface area contributed by atoms with Gasteiger partial charge in [-0.25, -0.2) is 0 Å². The molecule has 0 aliphatic carbocycles. The maximum atomic E-state index is 11.9. The van der Waals surface area contributed by atoms with E-state index >= 15 is 0 Å². The van der Waals surface area contributed by atoms with Gasteiger partial charge in [-0.05, 0) is 34.9 Å². The fraction of sp³-hybridized carbons (Fsp3) is 0.636. The monoisotopic (exact) mass is 241 g/mol. The van der Waals surface area contributed by atoms with Gasteiger partial charge in [-0.15, -0.1) is 0 Å². The van der Waals surface area contributed by atoms with Gasteiger partial charge in [-0.1, -0.05) is 5.16 Å². The summed E-state index contributed by atoms with van der Waals surface area (Å²) in [5.41, 5.74) is 0.479. The molecule has 0 bridgehead atoms. The van der Waals surface area contributed by atoms with E-state index in [0.717, 1.165) is 0 Å². The number of hydrogen-bond donors (Lipinski definition) is 2. The molecule has 6 heteroatoms. The zero-order valence-corrected chi connectivity index (χ0v) is 10.8. The molecule has 1 heterocycles. The van der Waals surface area contributed by atoms with Crippen LogP contribution >= 0.6 is 0 Å². The average molecular weight is 241 g/mol. The highest BCUT2D eigenvalue weighted by Crippen LogP contribution is 2.18. The largest absolute Gasteiger partial charge is 0.479 e. The first-order chi connectivity index (χ1) is 7.84. The van der Waals surface area contributed by atoms with Crippen LogP contribution in [0.15, 0.2) is 4.52 Å². The van der Waals surface area contributed by atoms with E-state index in [4.69, 9.17) is 0 Å². The highest BCUT2D eigenvalue weighted by molar-refractivity contribution is 5.94. The zero-order chi connectivity index (χ0) is 13.2. The maximum absolute atomic E-state index is 11.9. The van der Waals surface area contributed by atoms with Crippen molar-refractivity contribution in [3.63, 3.8) is 0 Å². The Morgan fingerprint density at radius 2 is 2.06 bits per heavy atom. The van der Waals surface area contributed by atoms with Crippen molar-refractivity contribution in [1.82, 2.24) is 15.4 Å². The molecule has 2 N–H and O–H groups in total. The van der Waals surface area contributed by atoms with Crippen LogP contribution in [-0.4, -0.2) is 47.2 Å². The van der Waals surface area contributed by atoms with Crippen LogP contribution in [0.1, 0.15) is 29.9 Å². The van der Waals surface area contributed by atoms with Crippen molar-refractivity contribution in [2.45, 2.75) is 32.9 Å². The third-order valence-corrected chi connectivity index (χ3v) is 3.01. The average Bonchev–Trinajstić information content (AvgIpc) is 2.58. The summed E-state index contributed by atoms with van der Waals surface area (Å²) < 4.78 is 4.54. The summed E-state index contributed by atoms with van der Waals surface area (Å²) in [7, 11) is 3.89. The van der Waals surface area contributed by atoms with E-state index < -0.39 is 0 Å². The molecule has 1 amide bonds. The van der Waals surface area contributed by atoms with Gasteiger partial charge >= 0.3 is 5.95 Å². The molecule has 1 rings (SSSR count). The summed E-state index contributed by atoms with van der Waals surface area (Å²) in [5.74, 6) is -0.656. The van der Waals surface area contributed by atoms with Gasteiger partial charge in [0.05, 0.1) is 5.56 Å². The van der Waals surface area contributed by atoms with E-state index in [0.29, 0.717) is 5.56 Å². The number of aromatic hydroxyl groups is 1. The van der Waals surface area contributed by atoms with Crippen LogP contribution in [0.2, 0.25) is 0 Å². The van der Waals surface area contributed by atoms with E-state index in [9.17, 15) is 9.90 Å². The Bertz CT molecular complexity index is 401. The molecule has 0 fully saturated rings. The SMILES string of the molecule is Cc1c(C(=O)NC(C)C(C)N(C)C)noc1O. The van der Waals surface area contributed by atoms with E-state index in [-0.39, 0.29) is 29.6 Å². The second-order valence-corrected chi connectivity index (χ2v) is 4.43. The molecule has 96 valence electrons. The molecule has 0 aliphatic heterocycles. The first-order valence-electron chi connectivity index (χ1n) is 5.47. The number of amides is 1. The number of carbonyl (C=O) groups excluding carboxylic acids is 1. The summed E-state index contributed by atoms with van der Waals surface area (Å²) in [6, 6.07) is 0.162. The number of aromatic nitrogens is 1. The molecule has 2 unspecified atom stereocenters. The van der Waals surface area contributed by atoms with Gasteiger partial charge in [0, 0.05) is 12.1 Å². The van der Waals surface area contributed by atoms with Crippen LogP contribution in [0.3, 0.4) is 0 Å². The molecule has 0 saturated carbocycles. The van der Waals surface area contributed by atoms with E-state index in [2.05, 4.69) is 15.0 Å². The van der Waals surface area contributed by atoms with Crippen LogP contribution in [0.25, 0.3) is 0 Å². The summed E-state index contributed by atoms with van der Waals surface area (Å²) in [4.78, 5) is 13.9. The normalized spacial score (nSPS) is 14.7. The smallest absolute Gasteiger partial charge is 0.312 e. The maximum Gasteiger partial charge on any atom is 0.312 e. The van der Waals surface area contributed by atoms with Crippen LogP contribution in [0.4, 0.5) is 0 Å². The lowest BCUT2D eigenvalue weighted by Gasteiger charge is -2.26. The van der Waals surface area contributed by atoms with Gasteiger partial charge in [-0.2, -0.15) is 0 Å². The van der Waals surface area contributed by atoms with Crippen molar-refractivity contribution in [3.05, 3.63) is 11.3 Å². The molecule has 0 aliphatic rings. The fourth-order valence-electron chi connectivity index (χ4n) is 1.38. The number of likely N-dealkylation sites (N-methyl/N-ethyl adjacent to an activating group) is 1. The minimum Gasteiger partial charge on any atom is -0.479 e. The van der Waals surface area contributed by atoms with Crippen molar-refractivity contribution in [3.8, 4) is 5.95 Å². The van der Waals surface area contributed by atoms with Gasteiger partial charge in [0.15, 0.2) is 5.69 Å². The molecule has 0 spiro atoms. The second-order valence-electron chi connectivity index (χ2n) is 4.43. The molecule has 6 nitrogen and oxygen atoms in total.